The van der Waals surface area contributed by atoms with Gasteiger partial charge < -0.3 is 9.47 Å². The summed E-state index contributed by atoms with van der Waals surface area (Å²) in [6.45, 7) is 8.01. The van der Waals surface area contributed by atoms with Crippen LogP contribution in [0.15, 0.2) is 36.5 Å². The Hall–Kier alpha value is -1.69. The quantitative estimate of drug-likeness (QED) is 0.698. The Bertz CT molecular complexity index is 627. The van der Waals surface area contributed by atoms with Crippen molar-refractivity contribution in [1.82, 2.24) is 14.7 Å². The molecule has 5 heteroatoms. The van der Waals surface area contributed by atoms with E-state index >= 15 is 0 Å². The number of nitrogens with zero attached hydrogens (tertiary/aromatic N) is 3. The molecule has 130 valence electrons. The molecule has 0 fully saturated rings. The van der Waals surface area contributed by atoms with Gasteiger partial charge in [0.1, 0.15) is 0 Å². The number of rotatable bonds is 8. The summed E-state index contributed by atoms with van der Waals surface area (Å²) in [5.74, 6) is 0.396. The van der Waals surface area contributed by atoms with Crippen LogP contribution in [-0.4, -0.2) is 48.1 Å². The van der Waals surface area contributed by atoms with Crippen LogP contribution in [0.5, 0.6) is 0 Å². The predicted molar refractivity (Wildman–Crippen MR) is 93.9 cm³/mol. The van der Waals surface area contributed by atoms with Crippen LogP contribution in [0.25, 0.3) is 0 Å². The van der Waals surface area contributed by atoms with Crippen molar-refractivity contribution in [2.45, 2.75) is 32.5 Å². The van der Waals surface area contributed by atoms with Crippen LogP contribution in [0.4, 0.5) is 0 Å². The Kier molecular flexibility index (Phi) is 6.01. The zero-order chi connectivity index (χ0) is 16.8. The molecule has 0 N–H and O–H groups in total. The van der Waals surface area contributed by atoms with Gasteiger partial charge in [-0.15, -0.1) is 0 Å². The van der Waals surface area contributed by atoms with Crippen molar-refractivity contribution in [3.05, 3.63) is 53.3 Å². The number of hydrogen-bond acceptors (Lipinski definition) is 4. The van der Waals surface area contributed by atoms with Crippen molar-refractivity contribution in [2.75, 3.05) is 33.4 Å². The lowest BCUT2D eigenvalue weighted by Gasteiger charge is -2.31. The summed E-state index contributed by atoms with van der Waals surface area (Å²) in [6, 6.07) is 10.3. The van der Waals surface area contributed by atoms with E-state index in [1.807, 2.05) is 22.9 Å². The number of ether oxygens (including phenoxy) is 2. The molecule has 0 radical (unpaired) electrons. The highest BCUT2D eigenvalue weighted by atomic mass is 16.5. The second-order valence-corrected chi connectivity index (χ2v) is 6.31. The van der Waals surface area contributed by atoms with Crippen LogP contribution in [0.3, 0.4) is 0 Å². The summed E-state index contributed by atoms with van der Waals surface area (Å²) in [6.07, 6.45) is 2.18. The molecule has 5 nitrogen and oxygen atoms in total. The van der Waals surface area contributed by atoms with Crippen molar-refractivity contribution in [3.8, 4) is 0 Å². The Morgan fingerprint density at radius 3 is 2.83 bits per heavy atom. The molecule has 2 heterocycles. The van der Waals surface area contributed by atoms with E-state index in [-0.39, 0.29) is 0 Å². The van der Waals surface area contributed by atoms with E-state index in [0.29, 0.717) is 12.5 Å². The fourth-order valence-corrected chi connectivity index (χ4v) is 3.26. The van der Waals surface area contributed by atoms with Crippen LogP contribution in [0.1, 0.15) is 29.7 Å². The summed E-state index contributed by atoms with van der Waals surface area (Å²) in [4.78, 5) is 2.42. The molecule has 0 saturated heterocycles. The Morgan fingerprint density at radius 1 is 1.25 bits per heavy atom. The van der Waals surface area contributed by atoms with Crippen molar-refractivity contribution in [2.24, 2.45) is 0 Å². The van der Waals surface area contributed by atoms with E-state index in [2.05, 4.69) is 30.2 Å². The highest BCUT2D eigenvalue weighted by Gasteiger charge is 2.27. The highest BCUT2D eigenvalue weighted by molar-refractivity contribution is 5.25. The number of aryl methyl sites for hydroxylation is 1. The van der Waals surface area contributed by atoms with Crippen molar-refractivity contribution < 1.29 is 9.47 Å². The fourth-order valence-electron chi connectivity index (χ4n) is 3.26. The molecule has 3 rings (SSSR count). The molecule has 0 saturated carbocycles. The van der Waals surface area contributed by atoms with Crippen LogP contribution in [0, 0.1) is 0 Å². The van der Waals surface area contributed by atoms with Gasteiger partial charge in [0.2, 0.25) is 0 Å². The first-order valence-electron chi connectivity index (χ1n) is 8.69. The maximum atomic E-state index is 5.83. The normalized spacial score (nSPS) is 17.8. The molecule has 1 aliphatic heterocycles. The fraction of sp³-hybridized carbons (Fsp3) is 0.526. The maximum Gasteiger partial charge on any atom is 0.0800 e. The van der Waals surface area contributed by atoms with Crippen LogP contribution in [-0.2, 0) is 29.2 Å². The molecule has 1 unspecified atom stereocenters. The van der Waals surface area contributed by atoms with Crippen molar-refractivity contribution in [3.63, 3.8) is 0 Å². The van der Waals surface area contributed by atoms with Crippen molar-refractivity contribution >= 4 is 0 Å². The highest BCUT2D eigenvalue weighted by Crippen LogP contribution is 2.27. The van der Waals surface area contributed by atoms with Crippen LogP contribution >= 0.6 is 0 Å². The average molecular weight is 329 g/mol. The lowest BCUT2D eigenvalue weighted by Crippen LogP contribution is -2.37. The molecule has 0 amide bonds. The third-order valence-electron chi connectivity index (χ3n) is 4.52. The third-order valence-corrected chi connectivity index (χ3v) is 4.52. The first kappa shape index (κ1) is 17.1. The molecular weight excluding hydrogens is 302 g/mol. The van der Waals surface area contributed by atoms with Gasteiger partial charge in [0.25, 0.3) is 0 Å². The zero-order valence-electron chi connectivity index (χ0n) is 14.6. The molecule has 1 atom stereocenters. The predicted octanol–water partition coefficient (Wildman–Crippen LogP) is 2.67. The minimum Gasteiger partial charge on any atom is -0.384 e. The molecular formula is C19H27N3O2. The Balaban J connectivity index is 1.53. The maximum absolute atomic E-state index is 5.83. The lowest BCUT2D eigenvalue weighted by molar-refractivity contribution is 0.0764. The summed E-state index contributed by atoms with van der Waals surface area (Å²) in [5, 5.41) is 4.71. The van der Waals surface area contributed by atoms with Crippen LogP contribution in [0.2, 0.25) is 0 Å². The molecule has 0 aliphatic carbocycles. The monoisotopic (exact) mass is 329 g/mol. The number of methoxy groups -OCH3 is 1. The summed E-state index contributed by atoms with van der Waals surface area (Å²) >= 11 is 0. The first-order valence-corrected chi connectivity index (χ1v) is 8.69. The molecule has 1 aromatic heterocycles. The summed E-state index contributed by atoms with van der Waals surface area (Å²) in [5.41, 5.74) is 3.76. The van der Waals surface area contributed by atoms with E-state index < -0.39 is 0 Å². The largest absolute Gasteiger partial charge is 0.384 e. The van der Waals surface area contributed by atoms with Gasteiger partial charge in [-0.2, -0.15) is 5.10 Å². The Labute approximate surface area is 144 Å². The van der Waals surface area contributed by atoms with Gasteiger partial charge in [0.15, 0.2) is 0 Å². The minimum absolute atomic E-state index is 0.396. The summed E-state index contributed by atoms with van der Waals surface area (Å²) in [7, 11) is 1.77. The molecule has 0 spiro atoms. The van der Waals surface area contributed by atoms with E-state index in [1.54, 1.807) is 7.11 Å². The van der Waals surface area contributed by atoms with Crippen molar-refractivity contribution in [1.29, 1.82) is 0 Å². The second-order valence-electron chi connectivity index (χ2n) is 6.31. The van der Waals surface area contributed by atoms with Gasteiger partial charge >= 0.3 is 0 Å². The number of aromatic nitrogens is 2. The van der Waals surface area contributed by atoms with E-state index in [0.717, 1.165) is 39.4 Å². The van der Waals surface area contributed by atoms with E-state index in [4.69, 9.17) is 14.6 Å². The lowest BCUT2D eigenvalue weighted by atomic mass is 9.96. The van der Waals surface area contributed by atoms with Gasteiger partial charge in [0.05, 0.1) is 25.5 Å². The molecule has 24 heavy (non-hydrogen) atoms. The van der Waals surface area contributed by atoms with E-state index in [1.165, 1.54) is 16.8 Å². The smallest absolute Gasteiger partial charge is 0.0800 e. The summed E-state index contributed by atoms with van der Waals surface area (Å²) < 4.78 is 13.3. The van der Waals surface area contributed by atoms with Gasteiger partial charge in [0, 0.05) is 51.0 Å². The molecule has 2 aromatic rings. The topological polar surface area (TPSA) is 39.5 Å². The van der Waals surface area contributed by atoms with Gasteiger partial charge in [-0.05, 0) is 12.5 Å². The second kappa shape index (κ2) is 8.42. The standard InChI is InChI=1S/C19H27N3O2/c1-3-22-12-18-17(15-23-2)11-21(13-19(18)20-22)9-10-24-14-16-7-5-4-6-8-16/h4-8,12,17H,3,9-11,13-15H2,1-2H3. The van der Waals surface area contributed by atoms with Gasteiger partial charge in [-0.25, -0.2) is 0 Å². The minimum atomic E-state index is 0.396. The Morgan fingerprint density at radius 2 is 2.08 bits per heavy atom. The molecule has 1 aliphatic rings. The zero-order valence-corrected chi connectivity index (χ0v) is 14.6. The first-order chi connectivity index (χ1) is 11.8. The SMILES string of the molecule is CCn1cc2c(n1)CN(CCOCc1ccccc1)CC2COC. The third kappa shape index (κ3) is 4.23. The average Bonchev–Trinajstić information content (AvgIpc) is 3.03. The van der Waals surface area contributed by atoms with E-state index in [9.17, 15) is 0 Å². The van der Waals surface area contributed by atoms with Crippen LogP contribution < -0.4 is 0 Å². The number of fused-ring (bicyclic) bond motifs is 1. The van der Waals surface area contributed by atoms with Gasteiger partial charge in [-0.1, -0.05) is 30.3 Å². The molecule has 0 bridgehead atoms. The number of hydrogen-bond donors (Lipinski definition) is 0. The van der Waals surface area contributed by atoms with Gasteiger partial charge in [-0.3, -0.25) is 9.58 Å². The molecule has 1 aromatic carbocycles. The number of benzene rings is 1.